The van der Waals surface area contributed by atoms with Crippen molar-refractivity contribution in [2.75, 3.05) is 12.4 Å². The fourth-order valence-electron chi connectivity index (χ4n) is 1.29. The molecule has 19 heavy (non-hydrogen) atoms. The van der Waals surface area contributed by atoms with Crippen LogP contribution in [-0.2, 0) is 0 Å². The first-order valence-corrected chi connectivity index (χ1v) is 6.46. The van der Waals surface area contributed by atoms with Crippen molar-refractivity contribution in [1.82, 2.24) is 4.90 Å². The minimum absolute atomic E-state index is 0.402. The topological polar surface area (TPSA) is 40.5 Å². The molecular weight excluding hydrogens is 327 g/mol. The van der Waals surface area contributed by atoms with Gasteiger partial charge < -0.3 is 10.0 Å². The lowest BCUT2D eigenvalue weighted by Gasteiger charge is -2.34. The first-order chi connectivity index (χ1) is 8.63. The summed E-state index contributed by atoms with van der Waals surface area (Å²) in [5, 5.41) is 9.49. The molecule has 0 heterocycles. The van der Waals surface area contributed by atoms with Crippen LogP contribution in [0.25, 0.3) is 0 Å². The number of phenols is 1. The maximum atomic E-state index is 13.6. The van der Waals surface area contributed by atoms with Crippen molar-refractivity contribution in [1.29, 1.82) is 0 Å². The Hall–Kier alpha value is -1.24. The van der Waals surface area contributed by atoms with Crippen molar-refractivity contribution in [3.63, 3.8) is 0 Å². The average Bonchev–Trinajstić information content (AvgIpc) is 2.38. The van der Waals surface area contributed by atoms with Crippen LogP contribution in [0, 0.1) is 17.5 Å². The Balaban J connectivity index is 3.29. The lowest BCUT2D eigenvalue weighted by atomic mass is 10.0. The number of phenolic OH excluding ortho intramolecular Hbond substituents is 1. The van der Waals surface area contributed by atoms with E-state index < -0.39 is 40.2 Å². The van der Waals surface area contributed by atoms with Gasteiger partial charge in [0, 0.05) is 17.9 Å². The Labute approximate surface area is 117 Å². The minimum atomic E-state index is -1.71. The van der Waals surface area contributed by atoms with E-state index in [1.54, 1.807) is 13.8 Å². The standard InChI is InChI=1S/C12H13BrF3NO2/c1-12(2,5-13)17(3)11(19)6-4-7(14)9(16)10(18)8(6)15/h4,18H,5H2,1-3H3. The molecule has 0 unspecified atom stereocenters. The number of carbonyl (C=O) groups is 1. The lowest BCUT2D eigenvalue weighted by molar-refractivity contribution is 0.0657. The Kier molecular flexibility index (Phi) is 4.50. The molecule has 0 aliphatic heterocycles. The normalized spacial score (nSPS) is 11.5. The molecule has 0 atom stereocenters. The second-order valence-electron chi connectivity index (χ2n) is 4.69. The smallest absolute Gasteiger partial charge is 0.257 e. The van der Waals surface area contributed by atoms with Crippen LogP contribution in [0.3, 0.4) is 0 Å². The highest BCUT2D eigenvalue weighted by molar-refractivity contribution is 9.09. The van der Waals surface area contributed by atoms with Gasteiger partial charge in [-0.3, -0.25) is 4.79 Å². The highest BCUT2D eigenvalue weighted by Crippen LogP contribution is 2.28. The number of nitrogens with zero attached hydrogens (tertiary/aromatic N) is 1. The number of amides is 1. The summed E-state index contributed by atoms with van der Waals surface area (Å²) >= 11 is 3.20. The van der Waals surface area contributed by atoms with Gasteiger partial charge in [-0.05, 0) is 19.9 Å². The summed E-state index contributed by atoms with van der Waals surface area (Å²) in [5.41, 5.74) is -1.38. The van der Waals surface area contributed by atoms with Crippen molar-refractivity contribution in [3.05, 3.63) is 29.1 Å². The van der Waals surface area contributed by atoms with Gasteiger partial charge in [0.1, 0.15) is 0 Å². The van der Waals surface area contributed by atoms with E-state index in [-0.39, 0.29) is 0 Å². The quantitative estimate of drug-likeness (QED) is 0.679. The zero-order valence-corrected chi connectivity index (χ0v) is 12.2. The van der Waals surface area contributed by atoms with E-state index in [2.05, 4.69) is 15.9 Å². The van der Waals surface area contributed by atoms with Crippen LogP contribution >= 0.6 is 15.9 Å². The van der Waals surface area contributed by atoms with Crippen molar-refractivity contribution in [2.45, 2.75) is 19.4 Å². The monoisotopic (exact) mass is 339 g/mol. The summed E-state index contributed by atoms with van der Waals surface area (Å²) in [4.78, 5) is 13.2. The van der Waals surface area contributed by atoms with Crippen LogP contribution in [0.5, 0.6) is 5.75 Å². The molecule has 1 amide bonds. The third-order valence-electron chi connectivity index (χ3n) is 2.90. The van der Waals surface area contributed by atoms with E-state index in [1.165, 1.54) is 11.9 Å². The second kappa shape index (κ2) is 5.40. The van der Waals surface area contributed by atoms with Crippen LogP contribution in [-0.4, -0.2) is 33.8 Å². The number of aromatic hydroxyl groups is 1. The van der Waals surface area contributed by atoms with Crippen molar-refractivity contribution < 1.29 is 23.1 Å². The van der Waals surface area contributed by atoms with Gasteiger partial charge in [0.15, 0.2) is 17.4 Å². The zero-order chi connectivity index (χ0) is 15.0. The molecule has 0 spiro atoms. The zero-order valence-electron chi connectivity index (χ0n) is 10.6. The maximum absolute atomic E-state index is 13.6. The summed E-state index contributed by atoms with van der Waals surface area (Å²) < 4.78 is 39.7. The summed E-state index contributed by atoms with van der Waals surface area (Å²) in [6.07, 6.45) is 0. The van der Waals surface area contributed by atoms with Gasteiger partial charge in [-0.15, -0.1) is 0 Å². The van der Waals surface area contributed by atoms with Gasteiger partial charge in [-0.1, -0.05) is 15.9 Å². The van der Waals surface area contributed by atoms with Gasteiger partial charge in [0.2, 0.25) is 5.82 Å². The Morgan fingerprint density at radius 2 is 1.89 bits per heavy atom. The molecule has 1 N–H and O–H groups in total. The SMILES string of the molecule is CN(C(=O)c1cc(F)c(F)c(O)c1F)C(C)(C)CBr. The fourth-order valence-corrected chi connectivity index (χ4v) is 1.67. The third kappa shape index (κ3) is 2.86. The molecule has 1 rings (SSSR count). The van der Waals surface area contributed by atoms with E-state index in [0.29, 0.717) is 11.4 Å². The van der Waals surface area contributed by atoms with Gasteiger partial charge in [0.05, 0.1) is 5.56 Å². The predicted molar refractivity (Wildman–Crippen MR) is 67.9 cm³/mol. The molecule has 0 bridgehead atoms. The van der Waals surface area contributed by atoms with E-state index in [9.17, 15) is 18.0 Å². The number of hydrogen-bond acceptors (Lipinski definition) is 2. The highest BCUT2D eigenvalue weighted by Gasteiger charge is 2.31. The maximum Gasteiger partial charge on any atom is 0.257 e. The van der Waals surface area contributed by atoms with Gasteiger partial charge in [-0.25, -0.2) is 8.78 Å². The first-order valence-electron chi connectivity index (χ1n) is 5.34. The molecule has 0 fully saturated rings. The van der Waals surface area contributed by atoms with Crippen molar-refractivity contribution in [2.24, 2.45) is 0 Å². The van der Waals surface area contributed by atoms with Crippen LogP contribution in [0.1, 0.15) is 24.2 Å². The molecule has 1 aromatic carbocycles. The molecule has 0 aliphatic carbocycles. The number of halogens is 4. The second-order valence-corrected chi connectivity index (χ2v) is 5.25. The van der Waals surface area contributed by atoms with E-state index >= 15 is 0 Å². The van der Waals surface area contributed by atoms with Gasteiger partial charge in [-0.2, -0.15) is 4.39 Å². The Bertz CT molecular complexity index is 520. The Morgan fingerprint density at radius 1 is 1.37 bits per heavy atom. The predicted octanol–water partition coefficient (Wildman–Crippen LogP) is 3.06. The van der Waals surface area contributed by atoms with Crippen LogP contribution < -0.4 is 0 Å². The van der Waals surface area contributed by atoms with Gasteiger partial charge >= 0.3 is 0 Å². The van der Waals surface area contributed by atoms with Crippen LogP contribution in [0.4, 0.5) is 13.2 Å². The molecule has 0 saturated carbocycles. The molecule has 0 saturated heterocycles. The number of alkyl halides is 1. The molecule has 1 aromatic rings. The van der Waals surface area contributed by atoms with E-state index in [4.69, 9.17) is 5.11 Å². The van der Waals surface area contributed by atoms with Gasteiger partial charge in [0.25, 0.3) is 5.91 Å². The largest absolute Gasteiger partial charge is 0.503 e. The highest BCUT2D eigenvalue weighted by atomic mass is 79.9. The summed E-state index contributed by atoms with van der Waals surface area (Å²) in [5.74, 6) is -7.01. The van der Waals surface area contributed by atoms with Crippen molar-refractivity contribution >= 4 is 21.8 Å². The molecule has 3 nitrogen and oxygen atoms in total. The molecule has 0 radical (unpaired) electrons. The van der Waals surface area contributed by atoms with Crippen LogP contribution in [0.2, 0.25) is 0 Å². The van der Waals surface area contributed by atoms with E-state index in [1.807, 2.05) is 0 Å². The fraction of sp³-hybridized carbons (Fsp3) is 0.417. The molecule has 0 aromatic heterocycles. The summed E-state index contributed by atoms with van der Waals surface area (Å²) in [6, 6.07) is 0.438. The first kappa shape index (κ1) is 15.8. The molecule has 0 aliphatic rings. The lowest BCUT2D eigenvalue weighted by Crippen LogP contribution is -2.46. The summed E-state index contributed by atoms with van der Waals surface area (Å²) in [6.45, 7) is 3.41. The molecule has 106 valence electrons. The minimum Gasteiger partial charge on any atom is -0.503 e. The van der Waals surface area contributed by atoms with Crippen molar-refractivity contribution in [3.8, 4) is 5.75 Å². The molecular formula is C12H13BrF3NO2. The third-order valence-corrected chi connectivity index (χ3v) is 4.28. The number of hydrogen-bond donors (Lipinski definition) is 1. The number of benzene rings is 1. The Morgan fingerprint density at radius 3 is 2.37 bits per heavy atom. The average molecular weight is 340 g/mol. The number of rotatable bonds is 3. The van der Waals surface area contributed by atoms with E-state index in [0.717, 1.165) is 0 Å². The number of carbonyl (C=O) groups excluding carboxylic acids is 1. The molecule has 7 heteroatoms. The summed E-state index contributed by atoms with van der Waals surface area (Å²) in [7, 11) is 1.40. The van der Waals surface area contributed by atoms with Crippen LogP contribution in [0.15, 0.2) is 6.07 Å².